The van der Waals surface area contributed by atoms with Crippen molar-refractivity contribution < 1.29 is 18.7 Å². The fourth-order valence-corrected chi connectivity index (χ4v) is 3.03. The first-order valence-corrected chi connectivity index (χ1v) is 9.22. The Balaban J connectivity index is 1.62. The molecule has 0 radical (unpaired) electrons. The predicted octanol–water partition coefficient (Wildman–Crippen LogP) is 2.67. The van der Waals surface area contributed by atoms with E-state index >= 15 is 0 Å². The molecule has 0 saturated carbocycles. The highest BCUT2D eigenvalue weighted by Crippen LogP contribution is 2.29. The highest BCUT2D eigenvalue weighted by atomic mass is 32.2. The van der Waals surface area contributed by atoms with E-state index in [1.54, 1.807) is 29.1 Å². The number of nitrogens with one attached hydrogen (secondary N) is 1. The van der Waals surface area contributed by atoms with Crippen molar-refractivity contribution in [2.45, 2.75) is 10.9 Å². The molecule has 28 heavy (non-hydrogen) atoms. The second-order valence-corrected chi connectivity index (χ2v) is 6.60. The van der Waals surface area contributed by atoms with Crippen LogP contribution in [0.3, 0.4) is 0 Å². The van der Waals surface area contributed by atoms with Gasteiger partial charge in [0, 0.05) is 18.9 Å². The molecule has 10 heteroatoms. The van der Waals surface area contributed by atoms with E-state index in [9.17, 15) is 9.18 Å². The number of benzene rings is 1. The molecule has 8 nitrogen and oxygen atoms in total. The third kappa shape index (κ3) is 4.97. The minimum Gasteiger partial charge on any atom is -0.491 e. The maximum atomic E-state index is 13.6. The van der Waals surface area contributed by atoms with Crippen molar-refractivity contribution in [3.8, 4) is 11.5 Å². The van der Waals surface area contributed by atoms with Gasteiger partial charge in [0.15, 0.2) is 23.3 Å². The maximum Gasteiger partial charge on any atom is 0.262 e. The number of carbonyl (C=O) groups is 1. The number of carbonyl (C=O) groups excluding carboxylic acids is 1. The maximum absolute atomic E-state index is 13.6. The van der Waals surface area contributed by atoms with E-state index in [-0.39, 0.29) is 12.3 Å². The van der Waals surface area contributed by atoms with E-state index in [4.69, 9.17) is 9.47 Å². The average Bonchev–Trinajstić information content (AvgIpc) is 3.11. The molecule has 1 N–H and O–H groups in total. The first-order chi connectivity index (χ1) is 13.6. The molecule has 0 unspecified atom stereocenters. The lowest BCUT2D eigenvalue weighted by Gasteiger charge is -2.12. The normalized spacial score (nSPS) is 10.5. The summed E-state index contributed by atoms with van der Waals surface area (Å²) in [5.74, 6) is 0.300. The summed E-state index contributed by atoms with van der Waals surface area (Å²) < 4.78 is 26.2. The summed E-state index contributed by atoms with van der Waals surface area (Å²) in [7, 11) is 3.34. The quantitative estimate of drug-likeness (QED) is 0.578. The number of ether oxygens (including phenoxy) is 2. The number of rotatable bonds is 8. The van der Waals surface area contributed by atoms with Gasteiger partial charge in [-0.2, -0.15) is 0 Å². The number of aryl methyl sites for hydroxylation is 1. The van der Waals surface area contributed by atoms with Gasteiger partial charge in [0.25, 0.3) is 5.91 Å². The lowest BCUT2D eigenvalue weighted by molar-refractivity contribution is -0.118. The third-order valence-corrected chi connectivity index (χ3v) is 4.70. The molecule has 1 amide bonds. The number of halogens is 1. The number of thioether (sulfide) groups is 1. The van der Waals surface area contributed by atoms with Crippen LogP contribution in [-0.4, -0.2) is 39.4 Å². The van der Waals surface area contributed by atoms with Gasteiger partial charge in [0.05, 0.1) is 24.7 Å². The molecule has 2 aromatic heterocycles. The Morgan fingerprint density at radius 2 is 2.14 bits per heavy atom. The Morgan fingerprint density at radius 3 is 2.86 bits per heavy atom. The molecule has 2 heterocycles. The number of pyridine rings is 1. The number of methoxy groups -OCH3 is 1. The third-order valence-electron chi connectivity index (χ3n) is 3.63. The summed E-state index contributed by atoms with van der Waals surface area (Å²) in [6, 6.07) is 7.61. The van der Waals surface area contributed by atoms with Gasteiger partial charge in [-0.15, -0.1) is 10.2 Å². The van der Waals surface area contributed by atoms with Crippen LogP contribution in [-0.2, 0) is 17.6 Å². The second-order valence-electron chi connectivity index (χ2n) is 5.66. The van der Waals surface area contributed by atoms with E-state index in [1.165, 1.54) is 37.2 Å². The molecule has 0 fully saturated rings. The van der Waals surface area contributed by atoms with Gasteiger partial charge in [-0.1, -0.05) is 23.9 Å². The van der Waals surface area contributed by atoms with E-state index in [1.807, 2.05) is 7.05 Å². The molecule has 0 aliphatic rings. The number of para-hydroxylation sites is 1. The van der Waals surface area contributed by atoms with E-state index < -0.39 is 11.7 Å². The van der Waals surface area contributed by atoms with Crippen molar-refractivity contribution in [2.24, 2.45) is 7.05 Å². The molecule has 0 spiro atoms. The Morgan fingerprint density at radius 1 is 1.32 bits per heavy atom. The number of hydrogen-bond acceptors (Lipinski definition) is 7. The molecule has 0 saturated heterocycles. The standard InChI is InChI=1S/C18H18FN5O3S/c1-24-11-21-23-18(24)28-10-12-7-15(16(26-2)8-20-12)27-9-17(25)22-14-6-4-3-5-13(14)19/h3-8,11H,9-10H2,1-2H3,(H,22,25). The van der Waals surface area contributed by atoms with Gasteiger partial charge in [0.1, 0.15) is 12.1 Å². The Bertz CT molecular complexity index is 966. The van der Waals surface area contributed by atoms with E-state index in [2.05, 4.69) is 20.5 Å². The van der Waals surface area contributed by atoms with Crippen molar-refractivity contribution in [1.82, 2.24) is 19.7 Å². The molecule has 0 bridgehead atoms. The molecule has 3 aromatic rings. The number of anilines is 1. The summed E-state index contributed by atoms with van der Waals surface area (Å²) in [6.45, 7) is -0.301. The lowest BCUT2D eigenvalue weighted by atomic mass is 10.3. The number of aromatic nitrogens is 4. The number of amides is 1. The van der Waals surface area contributed by atoms with Crippen LogP contribution in [0.4, 0.5) is 10.1 Å². The van der Waals surface area contributed by atoms with Gasteiger partial charge in [-0.3, -0.25) is 9.78 Å². The summed E-state index contributed by atoms with van der Waals surface area (Å²) in [5, 5.41) is 11.0. The van der Waals surface area contributed by atoms with Crippen molar-refractivity contribution >= 4 is 23.4 Å². The molecular formula is C18H18FN5O3S. The summed E-state index contributed by atoms with van der Waals surface area (Å²) in [4.78, 5) is 16.4. The fourth-order valence-electron chi connectivity index (χ4n) is 2.24. The minimum absolute atomic E-state index is 0.0959. The van der Waals surface area contributed by atoms with Crippen LogP contribution in [0.2, 0.25) is 0 Å². The van der Waals surface area contributed by atoms with Crippen molar-refractivity contribution in [3.63, 3.8) is 0 Å². The highest BCUT2D eigenvalue weighted by Gasteiger charge is 2.12. The van der Waals surface area contributed by atoms with Crippen LogP contribution in [0.1, 0.15) is 5.69 Å². The van der Waals surface area contributed by atoms with Crippen LogP contribution < -0.4 is 14.8 Å². The highest BCUT2D eigenvalue weighted by molar-refractivity contribution is 7.98. The lowest BCUT2D eigenvalue weighted by Crippen LogP contribution is -2.21. The first kappa shape index (κ1) is 19.6. The van der Waals surface area contributed by atoms with Crippen LogP contribution in [0, 0.1) is 5.82 Å². The monoisotopic (exact) mass is 403 g/mol. The van der Waals surface area contributed by atoms with Gasteiger partial charge >= 0.3 is 0 Å². The Hall–Kier alpha value is -3.14. The van der Waals surface area contributed by atoms with Crippen LogP contribution in [0.5, 0.6) is 11.5 Å². The Labute approximate surface area is 165 Å². The Kier molecular flexibility index (Phi) is 6.43. The first-order valence-electron chi connectivity index (χ1n) is 8.23. The van der Waals surface area contributed by atoms with E-state index in [0.29, 0.717) is 17.3 Å². The molecular weight excluding hydrogens is 385 g/mol. The van der Waals surface area contributed by atoms with Crippen LogP contribution in [0.15, 0.2) is 48.0 Å². The molecule has 146 valence electrons. The van der Waals surface area contributed by atoms with Gasteiger partial charge in [-0.05, 0) is 12.1 Å². The van der Waals surface area contributed by atoms with Crippen molar-refractivity contribution in [2.75, 3.05) is 19.0 Å². The number of nitrogens with zero attached hydrogens (tertiary/aromatic N) is 4. The van der Waals surface area contributed by atoms with Gasteiger partial charge in [-0.25, -0.2) is 4.39 Å². The topological polar surface area (TPSA) is 91.2 Å². The van der Waals surface area contributed by atoms with Crippen molar-refractivity contribution in [3.05, 3.63) is 54.4 Å². The minimum atomic E-state index is -0.513. The molecule has 0 aliphatic carbocycles. The van der Waals surface area contributed by atoms with Gasteiger partial charge < -0.3 is 19.4 Å². The van der Waals surface area contributed by atoms with E-state index in [0.717, 1.165) is 10.9 Å². The zero-order valence-corrected chi connectivity index (χ0v) is 16.1. The zero-order chi connectivity index (χ0) is 19.9. The second kappa shape index (κ2) is 9.18. The fraction of sp³-hybridized carbons (Fsp3) is 0.222. The summed E-state index contributed by atoms with van der Waals surface area (Å²) >= 11 is 1.47. The molecule has 1 aromatic carbocycles. The van der Waals surface area contributed by atoms with Crippen LogP contribution >= 0.6 is 11.8 Å². The average molecular weight is 403 g/mol. The molecule has 3 rings (SSSR count). The van der Waals surface area contributed by atoms with Gasteiger partial charge in [0.2, 0.25) is 0 Å². The smallest absolute Gasteiger partial charge is 0.262 e. The van der Waals surface area contributed by atoms with Crippen molar-refractivity contribution in [1.29, 1.82) is 0 Å². The molecule has 0 atom stereocenters. The van der Waals surface area contributed by atoms with Crippen LogP contribution in [0.25, 0.3) is 0 Å². The SMILES string of the molecule is COc1cnc(CSc2nncn2C)cc1OCC(=O)Nc1ccccc1F. The summed E-state index contributed by atoms with van der Waals surface area (Å²) in [5.41, 5.74) is 0.817. The predicted molar refractivity (Wildman–Crippen MR) is 102 cm³/mol. The largest absolute Gasteiger partial charge is 0.491 e. The number of hydrogen-bond donors (Lipinski definition) is 1. The molecule has 0 aliphatic heterocycles. The summed E-state index contributed by atoms with van der Waals surface area (Å²) in [6.07, 6.45) is 3.14. The zero-order valence-electron chi connectivity index (χ0n) is 15.3.